The first-order chi connectivity index (χ1) is 10.9. The first-order valence-corrected chi connectivity index (χ1v) is 8.42. The minimum absolute atomic E-state index is 0.189. The highest BCUT2D eigenvalue weighted by atomic mass is 32.1. The van der Waals surface area contributed by atoms with Crippen LogP contribution in [0.4, 0.5) is 0 Å². The van der Waals surface area contributed by atoms with Crippen molar-refractivity contribution in [2.45, 2.75) is 27.7 Å². The molecule has 0 saturated heterocycles. The molecule has 1 heterocycles. The van der Waals surface area contributed by atoms with Gasteiger partial charge >= 0.3 is 0 Å². The molecular formula is C19H20N2OS. The van der Waals surface area contributed by atoms with Gasteiger partial charge in [0.1, 0.15) is 0 Å². The number of amides is 1. The molecule has 0 atom stereocenters. The van der Waals surface area contributed by atoms with E-state index in [1.54, 1.807) is 11.3 Å². The zero-order valence-corrected chi connectivity index (χ0v) is 14.9. The lowest BCUT2D eigenvalue weighted by atomic mass is 10.1. The summed E-state index contributed by atoms with van der Waals surface area (Å²) < 4.78 is 3.21. The van der Waals surface area contributed by atoms with Crippen LogP contribution in [0, 0.1) is 27.7 Å². The zero-order valence-electron chi connectivity index (χ0n) is 14.1. The van der Waals surface area contributed by atoms with Crippen LogP contribution in [0.5, 0.6) is 0 Å². The van der Waals surface area contributed by atoms with Crippen LogP contribution >= 0.6 is 11.3 Å². The molecule has 3 rings (SSSR count). The number of aromatic nitrogens is 1. The Morgan fingerprint density at radius 1 is 0.957 bits per heavy atom. The summed E-state index contributed by atoms with van der Waals surface area (Å²) >= 11 is 1.57. The van der Waals surface area contributed by atoms with Crippen LogP contribution in [0.15, 0.2) is 35.3 Å². The summed E-state index contributed by atoms with van der Waals surface area (Å²) in [4.78, 5) is 17.6. The summed E-state index contributed by atoms with van der Waals surface area (Å²) in [6.45, 7) is 8.23. The molecule has 23 heavy (non-hydrogen) atoms. The molecule has 0 aliphatic heterocycles. The van der Waals surface area contributed by atoms with Gasteiger partial charge in [-0.2, -0.15) is 4.99 Å². The third kappa shape index (κ3) is 2.75. The quantitative estimate of drug-likeness (QED) is 0.660. The molecular weight excluding hydrogens is 304 g/mol. The Hall–Kier alpha value is -2.20. The number of carbonyl (C=O) groups is 1. The van der Waals surface area contributed by atoms with Crippen LogP contribution in [-0.2, 0) is 7.05 Å². The Bertz CT molecular complexity index is 993. The van der Waals surface area contributed by atoms with Gasteiger partial charge in [-0.25, -0.2) is 0 Å². The summed E-state index contributed by atoms with van der Waals surface area (Å²) in [5.41, 5.74) is 6.50. The highest BCUT2D eigenvalue weighted by Gasteiger charge is 2.10. The molecule has 2 aromatic carbocycles. The Kier molecular flexibility index (Phi) is 3.94. The van der Waals surface area contributed by atoms with E-state index < -0.39 is 0 Å². The van der Waals surface area contributed by atoms with Gasteiger partial charge in [-0.05, 0) is 62.1 Å². The molecule has 0 fully saturated rings. The number of rotatable bonds is 1. The number of thiazole rings is 1. The Labute approximate surface area is 139 Å². The van der Waals surface area contributed by atoms with Crippen molar-refractivity contribution < 1.29 is 4.79 Å². The van der Waals surface area contributed by atoms with Crippen LogP contribution < -0.4 is 4.80 Å². The molecule has 3 nitrogen and oxygen atoms in total. The second-order valence-electron chi connectivity index (χ2n) is 6.04. The second kappa shape index (κ2) is 5.78. The van der Waals surface area contributed by atoms with Gasteiger partial charge in [0.2, 0.25) is 0 Å². The van der Waals surface area contributed by atoms with E-state index in [2.05, 4.69) is 31.0 Å². The fourth-order valence-electron chi connectivity index (χ4n) is 2.70. The average Bonchev–Trinajstić information content (AvgIpc) is 2.84. The van der Waals surface area contributed by atoms with E-state index in [1.807, 2.05) is 43.7 Å². The van der Waals surface area contributed by atoms with Crippen molar-refractivity contribution in [3.05, 3.63) is 63.0 Å². The number of benzene rings is 2. The van der Waals surface area contributed by atoms with E-state index >= 15 is 0 Å². The molecule has 118 valence electrons. The lowest BCUT2D eigenvalue weighted by molar-refractivity contribution is 0.0998. The van der Waals surface area contributed by atoms with Crippen molar-refractivity contribution in [1.29, 1.82) is 0 Å². The number of hydrogen-bond acceptors (Lipinski definition) is 2. The molecule has 1 aromatic heterocycles. The monoisotopic (exact) mass is 324 g/mol. The smallest absolute Gasteiger partial charge is 0.279 e. The number of carbonyl (C=O) groups excluding carboxylic acids is 1. The molecule has 0 aliphatic rings. The fourth-order valence-corrected chi connectivity index (χ4v) is 3.86. The molecule has 4 heteroatoms. The van der Waals surface area contributed by atoms with Crippen LogP contribution in [-0.4, -0.2) is 10.5 Å². The molecule has 0 spiro atoms. The third-order valence-corrected chi connectivity index (χ3v) is 5.56. The van der Waals surface area contributed by atoms with Gasteiger partial charge in [0.25, 0.3) is 5.91 Å². The molecule has 0 unspecified atom stereocenters. The van der Waals surface area contributed by atoms with Crippen LogP contribution in [0.3, 0.4) is 0 Å². The standard InChI is InChI=1S/C19H20N2OS/c1-11-8-9-15(10-14(11)4)18(22)20-19-21(5)16-12(2)6-7-13(3)17(16)23-19/h6-10H,1-5H3. The van der Waals surface area contributed by atoms with Gasteiger partial charge in [-0.15, -0.1) is 0 Å². The van der Waals surface area contributed by atoms with Crippen LogP contribution in [0.25, 0.3) is 10.2 Å². The molecule has 0 saturated carbocycles. The van der Waals surface area contributed by atoms with Crippen molar-refractivity contribution >= 4 is 27.5 Å². The number of hydrogen-bond donors (Lipinski definition) is 0. The minimum atomic E-state index is -0.189. The predicted molar refractivity (Wildman–Crippen MR) is 96.1 cm³/mol. The summed E-state index contributed by atoms with van der Waals surface area (Å²) in [5, 5.41) is 0. The van der Waals surface area contributed by atoms with Gasteiger partial charge in [-0.3, -0.25) is 4.79 Å². The maximum Gasteiger partial charge on any atom is 0.279 e. The van der Waals surface area contributed by atoms with Crippen LogP contribution in [0.2, 0.25) is 0 Å². The van der Waals surface area contributed by atoms with E-state index in [1.165, 1.54) is 21.4 Å². The van der Waals surface area contributed by atoms with Crippen LogP contribution in [0.1, 0.15) is 32.6 Å². The number of aryl methyl sites for hydroxylation is 5. The zero-order chi connectivity index (χ0) is 16.7. The van der Waals surface area contributed by atoms with Gasteiger partial charge in [-0.1, -0.05) is 29.5 Å². The van der Waals surface area contributed by atoms with Crippen molar-refractivity contribution in [3.8, 4) is 0 Å². The Morgan fingerprint density at radius 3 is 2.26 bits per heavy atom. The van der Waals surface area contributed by atoms with Crippen molar-refractivity contribution in [3.63, 3.8) is 0 Å². The number of fused-ring (bicyclic) bond motifs is 1. The summed E-state index contributed by atoms with van der Waals surface area (Å²) in [5.74, 6) is -0.189. The normalized spacial score (nSPS) is 12.1. The highest BCUT2D eigenvalue weighted by molar-refractivity contribution is 7.16. The molecule has 1 amide bonds. The molecule has 0 N–H and O–H groups in total. The highest BCUT2D eigenvalue weighted by Crippen LogP contribution is 2.24. The Morgan fingerprint density at radius 2 is 1.61 bits per heavy atom. The second-order valence-corrected chi connectivity index (χ2v) is 7.01. The largest absolute Gasteiger partial charge is 0.319 e. The summed E-state index contributed by atoms with van der Waals surface area (Å²) in [6, 6.07) is 9.95. The topological polar surface area (TPSA) is 34.4 Å². The third-order valence-electron chi connectivity index (χ3n) is 4.30. The molecule has 0 radical (unpaired) electrons. The van der Waals surface area contributed by atoms with E-state index in [0.717, 1.165) is 15.9 Å². The van der Waals surface area contributed by atoms with Gasteiger partial charge in [0, 0.05) is 12.6 Å². The van der Waals surface area contributed by atoms with Crippen molar-refractivity contribution in [2.75, 3.05) is 0 Å². The van der Waals surface area contributed by atoms with Gasteiger partial charge in [0.05, 0.1) is 10.2 Å². The van der Waals surface area contributed by atoms with E-state index in [9.17, 15) is 4.79 Å². The predicted octanol–water partition coefficient (Wildman–Crippen LogP) is 4.21. The molecule has 0 aliphatic carbocycles. The minimum Gasteiger partial charge on any atom is -0.319 e. The van der Waals surface area contributed by atoms with Gasteiger partial charge in [0.15, 0.2) is 4.80 Å². The van der Waals surface area contributed by atoms with E-state index in [0.29, 0.717) is 5.56 Å². The van der Waals surface area contributed by atoms with Crippen molar-refractivity contribution in [1.82, 2.24) is 4.57 Å². The summed E-state index contributed by atoms with van der Waals surface area (Å²) in [6.07, 6.45) is 0. The maximum absolute atomic E-state index is 12.5. The van der Waals surface area contributed by atoms with Crippen molar-refractivity contribution in [2.24, 2.45) is 12.0 Å². The first-order valence-electron chi connectivity index (χ1n) is 7.60. The first kappa shape index (κ1) is 15.7. The average molecular weight is 324 g/mol. The molecule has 0 bridgehead atoms. The van der Waals surface area contributed by atoms with E-state index in [4.69, 9.17) is 0 Å². The lowest BCUT2D eigenvalue weighted by Crippen LogP contribution is -2.13. The lowest BCUT2D eigenvalue weighted by Gasteiger charge is -2.02. The molecule has 3 aromatic rings. The fraction of sp³-hybridized carbons (Fsp3) is 0.263. The van der Waals surface area contributed by atoms with E-state index in [-0.39, 0.29) is 5.91 Å². The van der Waals surface area contributed by atoms with Gasteiger partial charge < -0.3 is 4.57 Å². The maximum atomic E-state index is 12.5. The SMILES string of the molecule is Cc1ccc(C(=O)N=c2sc3c(C)ccc(C)c3n2C)cc1C. The number of nitrogens with zero attached hydrogens (tertiary/aromatic N) is 2. The summed E-state index contributed by atoms with van der Waals surface area (Å²) in [7, 11) is 1.97. The Balaban J connectivity index is 2.16.